The van der Waals surface area contributed by atoms with Crippen LogP contribution in [-0.4, -0.2) is 11.1 Å². The van der Waals surface area contributed by atoms with Crippen molar-refractivity contribution < 1.29 is 9.90 Å². The highest BCUT2D eigenvalue weighted by Crippen LogP contribution is 2.51. The number of rotatable bonds is 1. The van der Waals surface area contributed by atoms with Crippen molar-refractivity contribution in [3.05, 3.63) is 12.2 Å². The van der Waals surface area contributed by atoms with E-state index in [-0.39, 0.29) is 5.92 Å². The molecule has 0 radical (unpaired) electrons. The van der Waals surface area contributed by atoms with Crippen molar-refractivity contribution in [3.8, 4) is 0 Å². The van der Waals surface area contributed by atoms with E-state index in [1.54, 1.807) is 0 Å². The van der Waals surface area contributed by atoms with Crippen molar-refractivity contribution >= 4 is 5.97 Å². The molecule has 1 N–H and O–H groups in total. The maximum atomic E-state index is 10.9. The van der Waals surface area contributed by atoms with Gasteiger partial charge in [0.1, 0.15) is 0 Å². The molecule has 5 atom stereocenters. The van der Waals surface area contributed by atoms with Gasteiger partial charge in [-0.25, -0.2) is 0 Å². The molecule has 2 bridgehead atoms. The lowest BCUT2D eigenvalue weighted by molar-refractivity contribution is -0.144. The summed E-state index contributed by atoms with van der Waals surface area (Å²) in [4.78, 5) is 10.9. The first kappa shape index (κ1) is 7.84. The van der Waals surface area contributed by atoms with Crippen LogP contribution in [0.5, 0.6) is 0 Å². The second-order valence-corrected chi connectivity index (χ2v) is 4.12. The van der Waals surface area contributed by atoms with E-state index in [9.17, 15) is 4.79 Å². The molecule has 0 aliphatic heterocycles. The molecule has 2 heteroatoms. The normalized spacial score (nSPS) is 50.0. The second kappa shape index (κ2) is 2.35. The highest BCUT2D eigenvalue weighted by molar-refractivity contribution is 5.72. The number of fused-ring (bicyclic) bond motifs is 2. The van der Waals surface area contributed by atoms with Crippen molar-refractivity contribution in [3.63, 3.8) is 0 Å². The highest BCUT2D eigenvalue weighted by Gasteiger charge is 2.50. The van der Waals surface area contributed by atoms with E-state index >= 15 is 0 Å². The maximum absolute atomic E-state index is 10.9. The summed E-state index contributed by atoms with van der Waals surface area (Å²) >= 11 is 0. The van der Waals surface area contributed by atoms with Gasteiger partial charge in [-0.3, -0.25) is 4.79 Å². The minimum atomic E-state index is -0.619. The lowest BCUT2D eigenvalue weighted by atomic mass is 9.85. The minimum Gasteiger partial charge on any atom is -0.481 e. The van der Waals surface area contributed by atoms with Crippen LogP contribution in [0.4, 0.5) is 0 Å². The summed E-state index contributed by atoms with van der Waals surface area (Å²) in [6, 6.07) is 0. The van der Waals surface area contributed by atoms with Crippen LogP contribution in [0.25, 0.3) is 0 Å². The summed E-state index contributed by atoms with van der Waals surface area (Å²) in [5, 5.41) is 8.99. The van der Waals surface area contributed by atoms with E-state index in [4.69, 9.17) is 5.11 Å². The first-order valence-corrected chi connectivity index (χ1v) is 4.54. The number of aliphatic carboxylic acids is 1. The molecule has 0 spiro atoms. The van der Waals surface area contributed by atoms with Gasteiger partial charge < -0.3 is 5.11 Å². The fraction of sp³-hybridized carbons (Fsp3) is 0.700. The van der Waals surface area contributed by atoms with Gasteiger partial charge in [0.05, 0.1) is 5.92 Å². The fourth-order valence-electron chi connectivity index (χ4n) is 2.94. The van der Waals surface area contributed by atoms with Crippen LogP contribution >= 0.6 is 0 Å². The van der Waals surface area contributed by atoms with E-state index < -0.39 is 5.97 Å². The zero-order valence-corrected chi connectivity index (χ0v) is 7.40. The Morgan fingerprint density at radius 3 is 2.08 bits per heavy atom. The third-order valence-electron chi connectivity index (χ3n) is 3.64. The molecule has 0 amide bonds. The van der Waals surface area contributed by atoms with E-state index in [0.29, 0.717) is 23.7 Å². The van der Waals surface area contributed by atoms with E-state index in [2.05, 4.69) is 26.0 Å². The summed E-state index contributed by atoms with van der Waals surface area (Å²) in [7, 11) is 0. The van der Waals surface area contributed by atoms with Crippen LogP contribution in [0.2, 0.25) is 0 Å². The monoisotopic (exact) mass is 166 g/mol. The average Bonchev–Trinajstić information content (AvgIpc) is 2.43. The lowest BCUT2D eigenvalue weighted by Gasteiger charge is -2.19. The first-order valence-electron chi connectivity index (χ1n) is 4.54. The zero-order chi connectivity index (χ0) is 8.88. The van der Waals surface area contributed by atoms with Crippen LogP contribution in [0.3, 0.4) is 0 Å². The number of carboxylic acid groups (broad SMARTS) is 1. The Morgan fingerprint density at radius 1 is 1.17 bits per heavy atom. The Balaban J connectivity index is 2.30. The molecule has 0 saturated heterocycles. The quantitative estimate of drug-likeness (QED) is 0.603. The van der Waals surface area contributed by atoms with Crippen molar-refractivity contribution in [2.24, 2.45) is 29.6 Å². The molecule has 0 aromatic rings. The van der Waals surface area contributed by atoms with Crippen LogP contribution in [0.1, 0.15) is 13.8 Å². The molecule has 2 rings (SSSR count). The molecule has 0 heterocycles. The van der Waals surface area contributed by atoms with Crippen molar-refractivity contribution in [1.82, 2.24) is 0 Å². The SMILES string of the molecule is CC1C2C=CC1[C@@H](C)C2C(=O)O. The average molecular weight is 166 g/mol. The predicted molar refractivity (Wildman–Crippen MR) is 45.6 cm³/mol. The minimum absolute atomic E-state index is 0.130. The van der Waals surface area contributed by atoms with E-state index in [1.807, 2.05) is 0 Å². The molecule has 2 aliphatic rings. The highest BCUT2D eigenvalue weighted by atomic mass is 16.4. The molecular formula is C10H14O2. The van der Waals surface area contributed by atoms with Crippen molar-refractivity contribution in [1.29, 1.82) is 0 Å². The molecule has 2 aliphatic carbocycles. The number of hydrogen-bond acceptors (Lipinski definition) is 1. The second-order valence-electron chi connectivity index (χ2n) is 4.12. The molecule has 0 aromatic carbocycles. The zero-order valence-electron chi connectivity index (χ0n) is 7.40. The molecule has 4 unspecified atom stereocenters. The molecule has 1 saturated carbocycles. The number of carboxylic acids is 1. The standard InChI is InChI=1S/C10H14O2/c1-5-7-3-4-8(5)9(6(7)2)10(11)12/h3-9H,1-2H3,(H,11,12)/t5?,6-,7?,8?,9?/m1/s1. The van der Waals surface area contributed by atoms with Crippen LogP contribution < -0.4 is 0 Å². The van der Waals surface area contributed by atoms with Gasteiger partial charge in [0.2, 0.25) is 0 Å². The largest absolute Gasteiger partial charge is 0.481 e. The van der Waals surface area contributed by atoms with Gasteiger partial charge in [-0.1, -0.05) is 26.0 Å². The van der Waals surface area contributed by atoms with Gasteiger partial charge in [-0.2, -0.15) is 0 Å². The Labute approximate surface area is 72.3 Å². The maximum Gasteiger partial charge on any atom is 0.307 e. The van der Waals surface area contributed by atoms with Crippen LogP contribution in [0, 0.1) is 29.6 Å². The Bertz CT molecular complexity index is 244. The fourth-order valence-corrected chi connectivity index (χ4v) is 2.94. The summed E-state index contributed by atoms with van der Waals surface area (Å²) in [6.07, 6.45) is 4.29. The molecular weight excluding hydrogens is 152 g/mol. The third-order valence-corrected chi connectivity index (χ3v) is 3.64. The topological polar surface area (TPSA) is 37.3 Å². The predicted octanol–water partition coefficient (Wildman–Crippen LogP) is 1.78. The van der Waals surface area contributed by atoms with Crippen molar-refractivity contribution in [2.45, 2.75) is 13.8 Å². The van der Waals surface area contributed by atoms with Gasteiger partial charge in [0.15, 0.2) is 0 Å². The van der Waals surface area contributed by atoms with Crippen molar-refractivity contribution in [2.75, 3.05) is 0 Å². The van der Waals surface area contributed by atoms with Gasteiger partial charge in [0.25, 0.3) is 0 Å². The van der Waals surface area contributed by atoms with Gasteiger partial charge >= 0.3 is 5.97 Å². The van der Waals surface area contributed by atoms with E-state index in [1.165, 1.54) is 0 Å². The van der Waals surface area contributed by atoms with E-state index in [0.717, 1.165) is 0 Å². The lowest BCUT2D eigenvalue weighted by Crippen LogP contribution is -2.25. The smallest absolute Gasteiger partial charge is 0.307 e. The Hall–Kier alpha value is -0.790. The van der Waals surface area contributed by atoms with Gasteiger partial charge in [-0.15, -0.1) is 0 Å². The van der Waals surface area contributed by atoms with Crippen LogP contribution in [-0.2, 0) is 4.79 Å². The molecule has 1 fully saturated rings. The third kappa shape index (κ3) is 0.780. The molecule has 66 valence electrons. The number of allylic oxidation sites excluding steroid dienone is 2. The summed E-state index contributed by atoms with van der Waals surface area (Å²) in [5.74, 6) is 0.924. The number of hydrogen-bond donors (Lipinski definition) is 1. The number of carbonyl (C=O) groups is 1. The summed E-state index contributed by atoms with van der Waals surface area (Å²) in [5.41, 5.74) is 0. The van der Waals surface area contributed by atoms with Crippen LogP contribution in [0.15, 0.2) is 12.2 Å². The first-order chi connectivity index (χ1) is 5.63. The molecule has 12 heavy (non-hydrogen) atoms. The summed E-state index contributed by atoms with van der Waals surface area (Å²) in [6.45, 7) is 4.22. The Kier molecular flexibility index (Phi) is 1.53. The Morgan fingerprint density at radius 2 is 1.75 bits per heavy atom. The molecule has 0 aromatic heterocycles. The van der Waals surface area contributed by atoms with Gasteiger partial charge in [-0.05, 0) is 23.7 Å². The van der Waals surface area contributed by atoms with Gasteiger partial charge in [0, 0.05) is 0 Å². The summed E-state index contributed by atoms with van der Waals surface area (Å²) < 4.78 is 0. The molecule has 2 nitrogen and oxygen atoms in total.